The first kappa shape index (κ1) is 79.1. The van der Waals surface area contributed by atoms with E-state index in [0.29, 0.717) is 63.5 Å². The summed E-state index contributed by atoms with van der Waals surface area (Å²) in [6, 6.07) is -4.59. The summed E-state index contributed by atoms with van der Waals surface area (Å²) in [5.41, 5.74) is -3.64. The standard InChI is InChI=1S/2C38H62N4O7S/c2*1-35(2,3)31(40-34(47)41-38(18-10-9-11-19-38)22-50(48,49)36(4,5)6)33(46)42-21-26-28(37(26,7)8)29(42)27(43)20-24(15-14-23-12-13-23)30(44)32(45)39-25-16-17-25/h2*23-26,28-29,31H,9-22H2,1-8H3,(H,39,45)(H2,40,41,47)/t24-,26+,28+,29-,31-;24-,26-,28-,29+,31+/m10/s1. The van der Waals surface area contributed by atoms with E-state index in [9.17, 15) is 64.8 Å². The third kappa shape index (κ3) is 18.7. The van der Waals surface area contributed by atoms with Crippen molar-refractivity contribution in [2.45, 2.75) is 322 Å². The second-order valence-electron chi connectivity index (χ2n) is 38.0. The van der Waals surface area contributed by atoms with Gasteiger partial charge in [0.25, 0.3) is 11.8 Å². The summed E-state index contributed by atoms with van der Waals surface area (Å²) in [6.07, 6.45) is 17.5. The molecule has 2 saturated heterocycles. The van der Waals surface area contributed by atoms with Gasteiger partial charge in [-0.1, -0.05) is 133 Å². The van der Waals surface area contributed by atoms with Gasteiger partial charge in [0.05, 0.1) is 44.2 Å². The summed E-state index contributed by atoms with van der Waals surface area (Å²) >= 11 is 0. The molecule has 564 valence electrons. The van der Waals surface area contributed by atoms with Gasteiger partial charge in [0.1, 0.15) is 12.1 Å². The maximum absolute atomic E-state index is 14.5. The van der Waals surface area contributed by atoms with Crippen molar-refractivity contribution in [3.8, 4) is 0 Å². The van der Waals surface area contributed by atoms with Gasteiger partial charge < -0.3 is 41.7 Å². The molecule has 10 atom stereocenters. The number of hydrogen-bond donors (Lipinski definition) is 6. The van der Waals surface area contributed by atoms with E-state index in [0.717, 1.165) is 103 Å². The van der Waals surface area contributed by atoms with Crippen LogP contribution in [0.3, 0.4) is 0 Å². The van der Waals surface area contributed by atoms with Gasteiger partial charge >= 0.3 is 12.1 Å². The van der Waals surface area contributed by atoms with Crippen LogP contribution in [0.25, 0.3) is 0 Å². The molecule has 6 N–H and O–H groups in total. The molecule has 2 heterocycles. The van der Waals surface area contributed by atoms with Crippen LogP contribution in [-0.2, 0) is 58.0 Å². The SMILES string of the molecule is CC(C)(C)[C@H](NC(=O)NC1(CS(=O)(=O)C(C)(C)C)CCCCC1)C(=O)N1C[C@H]2[C@@H]([C@H]1C(=O)C[C@@H](CCC1CC1)C(=O)C(=O)NC1CC1)C2(C)C.CC(C)(C)[C@H](NC(=O)NC1(CS(=O)(=O)C(C)(C)C)CCCCC1)C(=O)N1C[C@H]2[C@@H]([C@H]1C(=O)C[C@H](CCC1CC1)C(=O)C(=O)NC1CC1)C2(C)C. The van der Waals surface area contributed by atoms with Crippen LogP contribution in [-0.4, -0.2) is 167 Å². The number of rotatable bonds is 28. The lowest BCUT2D eigenvalue weighted by atomic mass is 9.83. The summed E-state index contributed by atoms with van der Waals surface area (Å²) in [4.78, 5) is 141. The van der Waals surface area contributed by atoms with Crippen LogP contribution in [0.5, 0.6) is 0 Å². The predicted molar refractivity (Wildman–Crippen MR) is 384 cm³/mol. The number of fused-ring (bicyclic) bond motifs is 2. The highest BCUT2D eigenvalue weighted by Crippen LogP contribution is 2.66. The molecule has 8 aliphatic carbocycles. The second kappa shape index (κ2) is 29.2. The smallest absolute Gasteiger partial charge is 0.315 e. The zero-order chi connectivity index (χ0) is 74.1. The fourth-order valence-electron chi connectivity index (χ4n) is 16.8. The minimum atomic E-state index is -3.55. The molecule has 0 aromatic carbocycles. The van der Waals surface area contributed by atoms with Gasteiger partial charge in [-0.15, -0.1) is 0 Å². The average molecular weight is 1440 g/mol. The summed E-state index contributed by atoms with van der Waals surface area (Å²) < 4.78 is 51.4. The van der Waals surface area contributed by atoms with Crippen molar-refractivity contribution >= 4 is 78.5 Å². The fraction of sp³-hybridized carbons (Fsp3) is 0.868. The fourth-order valence-corrected chi connectivity index (χ4v) is 19.9. The van der Waals surface area contributed by atoms with Gasteiger partial charge in [-0.05, 0) is 176 Å². The number of nitrogens with one attached hydrogen (secondary N) is 6. The lowest BCUT2D eigenvalue weighted by molar-refractivity contribution is -0.145. The molecular formula is C76H124N8O14S2. The van der Waals surface area contributed by atoms with Gasteiger partial charge in [0.15, 0.2) is 31.2 Å². The van der Waals surface area contributed by atoms with E-state index < -0.39 is 123 Å². The van der Waals surface area contributed by atoms with Crippen molar-refractivity contribution in [2.24, 2.45) is 69.0 Å². The highest BCUT2D eigenvalue weighted by atomic mass is 32.2. The molecule has 0 aromatic heterocycles. The topological polar surface area (TPSA) is 318 Å². The molecule has 10 rings (SSSR count). The van der Waals surface area contributed by atoms with E-state index in [2.05, 4.69) is 59.6 Å². The Bertz CT molecular complexity index is 3140. The average Bonchev–Trinajstić information content (AvgIpc) is 1.53. The number of piperidine rings is 2. The van der Waals surface area contributed by atoms with E-state index in [1.807, 2.05) is 41.5 Å². The zero-order valence-corrected chi connectivity index (χ0v) is 64.9. The lowest BCUT2D eigenvalue weighted by Gasteiger charge is -2.41. The molecule has 10 fully saturated rings. The van der Waals surface area contributed by atoms with Crippen molar-refractivity contribution < 1.29 is 64.8 Å². The summed E-state index contributed by atoms with van der Waals surface area (Å²) in [6.45, 7) is 30.3. The molecule has 22 nitrogen and oxygen atoms in total. The first-order valence-electron chi connectivity index (χ1n) is 38.1. The summed E-state index contributed by atoms with van der Waals surface area (Å²) in [7, 11) is -7.10. The highest BCUT2D eigenvalue weighted by Gasteiger charge is 2.71. The lowest BCUT2D eigenvalue weighted by Crippen LogP contribution is -2.63. The quantitative estimate of drug-likeness (QED) is 0.0398. The number of carbonyl (C=O) groups excluding carboxylic acids is 10. The zero-order valence-electron chi connectivity index (χ0n) is 63.3. The summed E-state index contributed by atoms with van der Waals surface area (Å²) in [5.74, 6) is -4.05. The van der Waals surface area contributed by atoms with Gasteiger partial charge in [-0.2, -0.15) is 0 Å². The Labute approximate surface area is 597 Å². The minimum Gasteiger partial charge on any atom is -0.347 e. The van der Waals surface area contributed by atoms with E-state index in [1.54, 1.807) is 51.3 Å². The first-order valence-corrected chi connectivity index (χ1v) is 41.4. The maximum Gasteiger partial charge on any atom is 0.315 e. The van der Waals surface area contributed by atoms with E-state index in [1.165, 1.54) is 0 Å². The Kier molecular flexibility index (Phi) is 23.1. The Morgan fingerprint density at radius 3 is 1.03 bits per heavy atom. The van der Waals surface area contributed by atoms with E-state index in [-0.39, 0.29) is 94.3 Å². The Hall–Kier alpha value is -5.00. The van der Waals surface area contributed by atoms with Crippen molar-refractivity contribution in [1.82, 2.24) is 41.7 Å². The van der Waals surface area contributed by atoms with Crippen LogP contribution in [0, 0.1) is 69.0 Å². The largest absolute Gasteiger partial charge is 0.347 e. The molecular weight excluding hydrogens is 1310 g/mol. The second-order valence-corrected chi connectivity index (χ2v) is 43.5. The Balaban J connectivity index is 0.000000233. The molecule has 10 aliphatic rings. The molecule has 0 aromatic rings. The molecule has 24 heteroatoms. The molecule has 8 amide bonds. The molecule has 8 saturated carbocycles. The van der Waals surface area contributed by atoms with Crippen molar-refractivity contribution in [2.75, 3.05) is 24.6 Å². The number of carbonyl (C=O) groups is 10. The molecule has 0 unspecified atom stereocenters. The third-order valence-electron chi connectivity index (χ3n) is 24.7. The number of nitrogens with zero attached hydrogens (tertiary/aromatic N) is 2. The van der Waals surface area contributed by atoms with Gasteiger partial charge in [0.2, 0.25) is 23.4 Å². The van der Waals surface area contributed by atoms with Crippen LogP contribution >= 0.6 is 0 Å². The number of ketones is 4. The van der Waals surface area contributed by atoms with Crippen LogP contribution < -0.4 is 31.9 Å². The number of sulfone groups is 2. The molecule has 0 radical (unpaired) electrons. The van der Waals surface area contributed by atoms with Gasteiger partial charge in [-0.25, -0.2) is 26.4 Å². The van der Waals surface area contributed by atoms with Crippen molar-refractivity contribution in [3.63, 3.8) is 0 Å². The normalized spacial score (nSPS) is 27.0. The Morgan fingerprint density at radius 1 is 0.450 bits per heavy atom. The van der Waals surface area contributed by atoms with Crippen molar-refractivity contribution in [1.29, 1.82) is 0 Å². The number of Topliss-reactive ketones (excluding diaryl/α,β-unsaturated/α-hetero) is 4. The highest BCUT2D eigenvalue weighted by molar-refractivity contribution is 7.93. The molecule has 0 bridgehead atoms. The third-order valence-corrected chi connectivity index (χ3v) is 30.3. The van der Waals surface area contributed by atoms with E-state index in [4.69, 9.17) is 0 Å². The van der Waals surface area contributed by atoms with Crippen LogP contribution in [0.2, 0.25) is 0 Å². The maximum atomic E-state index is 14.5. The van der Waals surface area contributed by atoms with Crippen LogP contribution in [0.15, 0.2) is 0 Å². The van der Waals surface area contributed by atoms with Gasteiger partial charge in [0, 0.05) is 49.9 Å². The predicted octanol–water partition coefficient (Wildman–Crippen LogP) is 9.43. The number of amides is 8. The summed E-state index contributed by atoms with van der Waals surface area (Å²) in [5, 5.41) is 17.5. The Morgan fingerprint density at radius 2 is 0.760 bits per heavy atom. The monoisotopic (exact) mass is 1440 g/mol. The minimum absolute atomic E-state index is 0.0390. The molecule has 100 heavy (non-hydrogen) atoms. The molecule has 2 aliphatic heterocycles. The van der Waals surface area contributed by atoms with Crippen LogP contribution in [0.1, 0.15) is 265 Å². The number of urea groups is 2. The van der Waals surface area contributed by atoms with E-state index >= 15 is 0 Å². The van der Waals surface area contributed by atoms with Crippen LogP contribution in [0.4, 0.5) is 9.59 Å². The molecule has 0 spiro atoms. The first-order chi connectivity index (χ1) is 46.1. The number of likely N-dealkylation sites (tertiary alicyclic amines) is 2. The number of hydrogen-bond acceptors (Lipinski definition) is 14. The van der Waals surface area contributed by atoms with Crippen molar-refractivity contribution in [3.05, 3.63) is 0 Å². The van der Waals surface area contributed by atoms with Gasteiger partial charge in [-0.3, -0.25) is 38.4 Å².